The van der Waals surface area contributed by atoms with E-state index in [1.807, 2.05) is 0 Å². The van der Waals surface area contributed by atoms with E-state index in [9.17, 15) is 30.6 Å². The Kier molecular flexibility index (Phi) is 5.72. The molecule has 2 saturated heterocycles. The van der Waals surface area contributed by atoms with Gasteiger partial charge in [0.25, 0.3) is 0 Å². The Bertz CT molecular complexity index is 368. The molecule has 0 amide bonds. The fraction of sp³-hybridized carbons (Fsp3) is 1.00. The van der Waals surface area contributed by atoms with Crippen molar-refractivity contribution in [1.82, 2.24) is 0 Å². The molecule has 0 aromatic heterocycles. The molecule has 0 radical (unpaired) electrons. The average Bonchev–Trinajstić information content (AvgIpc) is 2.50. The molecule has 2 rings (SSSR count). The molecule has 0 spiro atoms. The first kappa shape index (κ1) is 17.9. The summed E-state index contributed by atoms with van der Waals surface area (Å²) in [6.07, 6.45) is -14.3. The van der Waals surface area contributed by atoms with E-state index in [2.05, 4.69) is 0 Å². The summed E-state index contributed by atoms with van der Waals surface area (Å²) in [5, 5.41) is 67.6. The molecule has 1 unspecified atom stereocenters. The molecule has 2 aliphatic heterocycles. The van der Waals surface area contributed by atoms with Gasteiger partial charge in [0.1, 0.15) is 42.7 Å². The highest BCUT2D eigenvalue weighted by molar-refractivity contribution is 4.93. The maximum absolute atomic E-state index is 9.99. The van der Waals surface area contributed by atoms with E-state index in [4.69, 9.17) is 19.3 Å². The molecule has 0 saturated carbocycles. The highest BCUT2D eigenvalue weighted by Crippen LogP contribution is 2.28. The monoisotopic (exact) mass is 326 g/mol. The molecule has 130 valence electrons. The van der Waals surface area contributed by atoms with Crippen molar-refractivity contribution in [2.75, 3.05) is 6.61 Å². The van der Waals surface area contributed by atoms with E-state index in [-0.39, 0.29) is 0 Å². The molecule has 0 aromatic rings. The van der Waals surface area contributed by atoms with Crippen LogP contribution >= 0.6 is 0 Å². The number of aliphatic hydroxyl groups excluding tert-OH is 7. The van der Waals surface area contributed by atoms with Crippen LogP contribution in [0.5, 0.6) is 0 Å². The first-order chi connectivity index (χ1) is 10.3. The maximum atomic E-state index is 9.99. The van der Waals surface area contributed by atoms with E-state index >= 15 is 0 Å². The van der Waals surface area contributed by atoms with Crippen LogP contribution in [-0.2, 0) is 14.2 Å². The number of ether oxygens (including phenoxy) is 3. The zero-order chi connectivity index (χ0) is 16.6. The van der Waals surface area contributed by atoms with Crippen LogP contribution in [-0.4, -0.2) is 104 Å². The van der Waals surface area contributed by atoms with Gasteiger partial charge < -0.3 is 50.0 Å². The van der Waals surface area contributed by atoms with Gasteiger partial charge in [0, 0.05) is 0 Å². The lowest BCUT2D eigenvalue weighted by atomic mass is 9.97. The molecule has 10 nitrogen and oxygen atoms in total. The first-order valence-corrected chi connectivity index (χ1v) is 6.93. The fourth-order valence-corrected chi connectivity index (χ4v) is 2.51. The summed E-state index contributed by atoms with van der Waals surface area (Å²) >= 11 is 0. The normalized spacial score (nSPS) is 53.5. The first-order valence-electron chi connectivity index (χ1n) is 6.93. The van der Waals surface area contributed by atoms with Crippen LogP contribution in [0.1, 0.15) is 6.92 Å². The number of aliphatic hydroxyl groups is 7. The molecule has 0 aromatic carbocycles. The van der Waals surface area contributed by atoms with Crippen molar-refractivity contribution < 1.29 is 50.0 Å². The predicted octanol–water partition coefficient (Wildman–Crippen LogP) is -4.37. The molecule has 2 fully saturated rings. The molecule has 0 bridgehead atoms. The van der Waals surface area contributed by atoms with Crippen LogP contribution in [0.25, 0.3) is 0 Å². The summed E-state index contributed by atoms with van der Waals surface area (Å²) in [4.78, 5) is 0. The molecule has 10 heteroatoms. The molecule has 7 N–H and O–H groups in total. The second-order valence-electron chi connectivity index (χ2n) is 5.51. The van der Waals surface area contributed by atoms with Gasteiger partial charge in [0.15, 0.2) is 12.6 Å². The Labute approximate surface area is 126 Å². The van der Waals surface area contributed by atoms with Crippen molar-refractivity contribution in [2.24, 2.45) is 0 Å². The van der Waals surface area contributed by atoms with Crippen molar-refractivity contribution >= 4 is 0 Å². The molecule has 0 aliphatic carbocycles. The molecular formula is C12H22O10. The fourth-order valence-electron chi connectivity index (χ4n) is 2.51. The van der Waals surface area contributed by atoms with Crippen LogP contribution in [0, 0.1) is 0 Å². The topological polar surface area (TPSA) is 169 Å². The molecule has 22 heavy (non-hydrogen) atoms. The Hall–Kier alpha value is -0.400. The molecule has 2 aliphatic rings. The van der Waals surface area contributed by atoms with E-state index in [0.717, 1.165) is 0 Å². The quantitative estimate of drug-likeness (QED) is 0.269. The van der Waals surface area contributed by atoms with Crippen LogP contribution in [0.3, 0.4) is 0 Å². The third-order valence-corrected chi connectivity index (χ3v) is 3.94. The van der Waals surface area contributed by atoms with E-state index in [1.54, 1.807) is 0 Å². The lowest BCUT2D eigenvalue weighted by molar-refractivity contribution is -0.352. The van der Waals surface area contributed by atoms with Gasteiger partial charge in [0.05, 0.1) is 12.7 Å². The van der Waals surface area contributed by atoms with Crippen LogP contribution < -0.4 is 0 Å². The van der Waals surface area contributed by atoms with Crippen LogP contribution in [0.4, 0.5) is 0 Å². The van der Waals surface area contributed by atoms with Crippen molar-refractivity contribution in [3.8, 4) is 0 Å². The van der Waals surface area contributed by atoms with Crippen molar-refractivity contribution in [1.29, 1.82) is 0 Å². The summed E-state index contributed by atoms with van der Waals surface area (Å²) in [6, 6.07) is 0. The highest BCUT2D eigenvalue weighted by atomic mass is 16.7. The number of hydrogen-bond acceptors (Lipinski definition) is 10. The van der Waals surface area contributed by atoms with Crippen molar-refractivity contribution in [2.45, 2.75) is 68.3 Å². The van der Waals surface area contributed by atoms with E-state index in [1.165, 1.54) is 6.92 Å². The van der Waals surface area contributed by atoms with Gasteiger partial charge in [-0.05, 0) is 6.92 Å². The minimum absolute atomic E-state index is 0.628. The minimum atomic E-state index is -1.71. The highest BCUT2D eigenvalue weighted by Gasteiger charge is 2.49. The van der Waals surface area contributed by atoms with Gasteiger partial charge in [-0.1, -0.05) is 0 Å². The average molecular weight is 326 g/mol. The zero-order valence-electron chi connectivity index (χ0n) is 11.8. The number of hydrogen-bond donors (Lipinski definition) is 7. The Morgan fingerprint density at radius 3 is 2.05 bits per heavy atom. The van der Waals surface area contributed by atoms with Gasteiger partial charge in [-0.2, -0.15) is 0 Å². The largest absolute Gasteiger partial charge is 0.394 e. The predicted molar refractivity (Wildman–Crippen MR) is 67.2 cm³/mol. The molecule has 2 heterocycles. The van der Waals surface area contributed by atoms with Crippen LogP contribution in [0.15, 0.2) is 0 Å². The zero-order valence-corrected chi connectivity index (χ0v) is 11.8. The smallest absolute Gasteiger partial charge is 0.187 e. The van der Waals surface area contributed by atoms with Crippen LogP contribution in [0.2, 0.25) is 0 Å². The van der Waals surface area contributed by atoms with Gasteiger partial charge in [-0.3, -0.25) is 0 Å². The van der Waals surface area contributed by atoms with Crippen molar-refractivity contribution in [3.05, 3.63) is 0 Å². The summed E-state index contributed by atoms with van der Waals surface area (Å²) in [5.74, 6) is 0. The minimum Gasteiger partial charge on any atom is -0.394 e. The van der Waals surface area contributed by atoms with Crippen molar-refractivity contribution in [3.63, 3.8) is 0 Å². The van der Waals surface area contributed by atoms with E-state index in [0.29, 0.717) is 0 Å². The third-order valence-electron chi connectivity index (χ3n) is 3.94. The molecular weight excluding hydrogens is 304 g/mol. The Balaban J connectivity index is 2.10. The summed E-state index contributed by atoms with van der Waals surface area (Å²) in [5.41, 5.74) is 0. The third kappa shape index (κ3) is 3.26. The summed E-state index contributed by atoms with van der Waals surface area (Å²) < 4.78 is 15.3. The lowest BCUT2D eigenvalue weighted by Crippen LogP contribution is -2.63. The van der Waals surface area contributed by atoms with Gasteiger partial charge in [0.2, 0.25) is 0 Å². The maximum Gasteiger partial charge on any atom is 0.187 e. The summed E-state index contributed by atoms with van der Waals surface area (Å²) in [6.45, 7) is 0.814. The lowest BCUT2D eigenvalue weighted by Gasteiger charge is -2.44. The summed E-state index contributed by atoms with van der Waals surface area (Å²) in [7, 11) is 0. The van der Waals surface area contributed by atoms with Gasteiger partial charge >= 0.3 is 0 Å². The second kappa shape index (κ2) is 7.01. The Morgan fingerprint density at radius 2 is 1.45 bits per heavy atom. The molecule has 10 atom stereocenters. The SMILES string of the molecule is C[C@@H]1O[C@@H](O[C@H]2[C@@H](O)[C@@H](CO)OC(O)[C@@H]2O)[C@H](O)[C@H](O)[C@H]1O. The standard InChI is InChI=1S/C12H22O10/c1-3-5(14)7(16)8(17)12(20-3)22-10-6(15)4(2-13)21-11(19)9(10)18/h3-19H,2H2,1H3/t3-,4+,5-,6-,7+,8+,9+,10-,11?,12-/m0/s1. The van der Waals surface area contributed by atoms with E-state index < -0.39 is 68.0 Å². The van der Waals surface area contributed by atoms with Gasteiger partial charge in [-0.25, -0.2) is 0 Å². The Morgan fingerprint density at radius 1 is 0.818 bits per heavy atom. The van der Waals surface area contributed by atoms with Gasteiger partial charge in [-0.15, -0.1) is 0 Å². The number of rotatable bonds is 3. The second-order valence-corrected chi connectivity index (χ2v) is 5.51.